The van der Waals surface area contributed by atoms with Crippen molar-refractivity contribution in [3.63, 3.8) is 0 Å². The Morgan fingerprint density at radius 1 is 0.966 bits per heavy atom. The molecule has 4 nitrogen and oxygen atoms in total. The molecule has 3 aromatic carbocycles. The van der Waals surface area contributed by atoms with Gasteiger partial charge in [0.1, 0.15) is 0 Å². The molecular formula is C24H15IN2O2. The lowest BCUT2D eigenvalue weighted by atomic mass is 9.74. The number of halogens is 1. The van der Waals surface area contributed by atoms with Crippen molar-refractivity contribution in [2.24, 2.45) is 7.05 Å². The topological polar surface area (TPSA) is 48.1 Å². The van der Waals surface area contributed by atoms with E-state index in [0.29, 0.717) is 0 Å². The van der Waals surface area contributed by atoms with Crippen molar-refractivity contribution in [1.82, 2.24) is 4.57 Å². The third-order valence-electron chi connectivity index (χ3n) is 6.39. The Morgan fingerprint density at radius 2 is 1.59 bits per heavy atom. The Hall–Kier alpha value is -2.93. The van der Waals surface area contributed by atoms with Crippen LogP contribution in [0.2, 0.25) is 0 Å². The van der Waals surface area contributed by atoms with Gasteiger partial charge >= 0.3 is 0 Å². The molecule has 0 amide bonds. The maximum absolute atomic E-state index is 11.5. The van der Waals surface area contributed by atoms with Crippen LogP contribution >= 0.6 is 22.6 Å². The van der Waals surface area contributed by atoms with E-state index in [1.807, 2.05) is 13.1 Å². The van der Waals surface area contributed by atoms with Gasteiger partial charge in [0.25, 0.3) is 5.69 Å². The molecule has 29 heavy (non-hydrogen) atoms. The Balaban J connectivity index is 1.83. The van der Waals surface area contributed by atoms with E-state index in [4.69, 9.17) is 0 Å². The van der Waals surface area contributed by atoms with Gasteiger partial charge in [0.2, 0.25) is 0 Å². The number of nitro groups is 1. The zero-order valence-corrected chi connectivity index (χ0v) is 17.7. The summed E-state index contributed by atoms with van der Waals surface area (Å²) in [5.74, 6) is 0. The van der Waals surface area contributed by atoms with Crippen molar-refractivity contribution in [2.75, 3.05) is 0 Å². The first-order valence-electron chi connectivity index (χ1n) is 9.39. The summed E-state index contributed by atoms with van der Waals surface area (Å²) >= 11 is 2.46. The van der Waals surface area contributed by atoms with E-state index in [9.17, 15) is 10.1 Å². The fourth-order valence-electron chi connectivity index (χ4n) is 5.24. The van der Waals surface area contributed by atoms with Gasteiger partial charge in [0, 0.05) is 44.9 Å². The van der Waals surface area contributed by atoms with E-state index < -0.39 is 5.41 Å². The van der Waals surface area contributed by atoms with Gasteiger partial charge in [-0.15, -0.1) is 0 Å². The van der Waals surface area contributed by atoms with Crippen molar-refractivity contribution < 1.29 is 4.92 Å². The van der Waals surface area contributed by atoms with Gasteiger partial charge in [-0.05, 0) is 57.0 Å². The second-order valence-electron chi connectivity index (χ2n) is 7.61. The summed E-state index contributed by atoms with van der Waals surface area (Å²) in [5.41, 5.74) is 7.97. The van der Waals surface area contributed by atoms with Crippen LogP contribution in [0, 0.1) is 10.1 Å². The molecule has 6 rings (SSSR count). The predicted octanol–water partition coefficient (Wildman–Crippen LogP) is 6.19. The molecule has 2 aliphatic carbocycles. The molecule has 0 saturated carbocycles. The van der Waals surface area contributed by atoms with E-state index in [1.165, 1.54) is 25.8 Å². The van der Waals surface area contributed by atoms with Gasteiger partial charge in [-0.3, -0.25) is 10.1 Å². The standard InChI is InChI=1S/C24H15IN2O2/c1-26-20-11-10-14(27(28)29)12-17(20)23-21(26)13-22(25)24(23)18-8-4-2-6-15(18)16-7-3-5-9-19(16)24/h2-13H,1H3. The summed E-state index contributed by atoms with van der Waals surface area (Å²) in [7, 11) is 2.04. The van der Waals surface area contributed by atoms with Crippen LogP contribution in [-0.4, -0.2) is 9.49 Å². The molecule has 0 radical (unpaired) electrons. The maximum atomic E-state index is 11.5. The highest BCUT2D eigenvalue weighted by Gasteiger charge is 2.52. The number of nitrogens with zero attached hydrogens (tertiary/aromatic N) is 2. The van der Waals surface area contributed by atoms with E-state index in [2.05, 4.69) is 81.8 Å². The molecule has 5 heteroatoms. The first-order chi connectivity index (χ1) is 14.0. The lowest BCUT2D eigenvalue weighted by Crippen LogP contribution is -2.25. The second-order valence-corrected chi connectivity index (χ2v) is 8.77. The van der Waals surface area contributed by atoms with Gasteiger partial charge in [-0.25, -0.2) is 0 Å². The molecule has 0 unspecified atom stereocenters. The van der Waals surface area contributed by atoms with E-state index in [-0.39, 0.29) is 10.6 Å². The molecule has 0 bridgehead atoms. The third-order valence-corrected chi connectivity index (χ3v) is 7.51. The van der Waals surface area contributed by atoms with E-state index in [0.717, 1.165) is 22.2 Å². The lowest BCUT2D eigenvalue weighted by Gasteiger charge is -2.29. The summed E-state index contributed by atoms with van der Waals surface area (Å²) in [6.45, 7) is 0. The number of benzene rings is 3. The van der Waals surface area contributed by atoms with Crippen molar-refractivity contribution in [1.29, 1.82) is 0 Å². The number of allylic oxidation sites excluding steroid dienone is 1. The summed E-state index contributed by atoms with van der Waals surface area (Å²) in [5, 5.41) is 12.5. The minimum Gasteiger partial charge on any atom is -0.344 e. The number of aryl methyl sites for hydroxylation is 1. The molecule has 0 saturated heterocycles. The molecule has 140 valence electrons. The predicted molar refractivity (Wildman–Crippen MR) is 123 cm³/mol. The quantitative estimate of drug-likeness (QED) is 0.182. The van der Waals surface area contributed by atoms with Gasteiger partial charge in [0.15, 0.2) is 0 Å². The average molecular weight is 490 g/mol. The molecular weight excluding hydrogens is 475 g/mol. The largest absolute Gasteiger partial charge is 0.344 e. The lowest BCUT2D eigenvalue weighted by molar-refractivity contribution is -0.384. The monoisotopic (exact) mass is 490 g/mol. The number of rotatable bonds is 1. The van der Waals surface area contributed by atoms with Crippen molar-refractivity contribution in [2.45, 2.75) is 5.41 Å². The Kier molecular flexibility index (Phi) is 3.26. The van der Waals surface area contributed by atoms with E-state index >= 15 is 0 Å². The fraction of sp³-hybridized carbons (Fsp3) is 0.0833. The van der Waals surface area contributed by atoms with Crippen LogP contribution in [0.1, 0.15) is 22.4 Å². The average Bonchev–Trinajstić information content (AvgIpc) is 3.31. The molecule has 1 heterocycles. The zero-order valence-electron chi connectivity index (χ0n) is 15.5. The number of non-ortho nitro benzene ring substituents is 1. The fourth-order valence-corrected chi connectivity index (χ4v) is 6.38. The number of fused-ring (bicyclic) bond motifs is 9. The van der Waals surface area contributed by atoms with E-state index in [1.54, 1.807) is 12.1 Å². The van der Waals surface area contributed by atoms with Crippen LogP contribution in [0.5, 0.6) is 0 Å². The normalized spacial score (nSPS) is 15.3. The molecule has 0 atom stereocenters. The SMILES string of the molecule is Cn1c2c(c3cc([N+](=O)[O-])ccc31)C1(C(I)=C2)c2ccccc2-c2ccccc21. The highest BCUT2D eigenvalue weighted by Crippen LogP contribution is 2.63. The molecule has 4 aromatic rings. The molecule has 1 spiro atoms. The van der Waals surface area contributed by atoms with Gasteiger partial charge < -0.3 is 4.57 Å². The summed E-state index contributed by atoms with van der Waals surface area (Å²) in [6, 6.07) is 22.3. The molecule has 0 fully saturated rings. The number of nitro benzene ring substituents is 1. The number of aromatic nitrogens is 1. The Bertz CT molecular complexity index is 1370. The zero-order chi connectivity index (χ0) is 19.9. The van der Waals surface area contributed by atoms with Crippen LogP contribution in [-0.2, 0) is 12.5 Å². The highest BCUT2D eigenvalue weighted by atomic mass is 127. The Morgan fingerprint density at radius 3 is 2.21 bits per heavy atom. The van der Waals surface area contributed by atoms with Crippen molar-refractivity contribution >= 4 is 45.3 Å². The second kappa shape index (κ2) is 5.57. The number of hydrogen-bond donors (Lipinski definition) is 0. The van der Waals surface area contributed by atoms with Crippen LogP contribution in [0.3, 0.4) is 0 Å². The molecule has 1 aromatic heterocycles. The number of hydrogen-bond acceptors (Lipinski definition) is 2. The van der Waals surface area contributed by atoms with Crippen LogP contribution in [0.25, 0.3) is 28.1 Å². The van der Waals surface area contributed by atoms with Crippen LogP contribution in [0.15, 0.2) is 70.3 Å². The third kappa shape index (κ3) is 1.89. The molecule has 2 aliphatic rings. The minimum atomic E-state index is -0.419. The maximum Gasteiger partial charge on any atom is 0.270 e. The van der Waals surface area contributed by atoms with Gasteiger partial charge in [-0.1, -0.05) is 48.5 Å². The highest BCUT2D eigenvalue weighted by molar-refractivity contribution is 14.1. The van der Waals surface area contributed by atoms with Crippen LogP contribution < -0.4 is 0 Å². The summed E-state index contributed by atoms with van der Waals surface area (Å²) in [4.78, 5) is 11.2. The molecule has 0 N–H and O–H groups in total. The Labute approximate surface area is 180 Å². The first-order valence-corrected chi connectivity index (χ1v) is 10.5. The summed E-state index contributed by atoms with van der Waals surface area (Å²) < 4.78 is 3.38. The van der Waals surface area contributed by atoms with Gasteiger partial charge in [0.05, 0.1) is 10.3 Å². The smallest absolute Gasteiger partial charge is 0.270 e. The first kappa shape index (κ1) is 17.0. The minimum absolute atomic E-state index is 0.127. The summed E-state index contributed by atoms with van der Waals surface area (Å²) in [6.07, 6.45) is 2.24. The van der Waals surface area contributed by atoms with Crippen molar-refractivity contribution in [3.05, 3.63) is 103 Å². The van der Waals surface area contributed by atoms with Crippen LogP contribution in [0.4, 0.5) is 5.69 Å². The molecule has 0 aliphatic heterocycles. The van der Waals surface area contributed by atoms with Gasteiger partial charge in [-0.2, -0.15) is 0 Å². The van der Waals surface area contributed by atoms with Crippen molar-refractivity contribution in [3.8, 4) is 11.1 Å².